The standard InChI is InChI=1S/C17H15FN2O3/c1-10-7-8-12(9-13(10)18)19-16(21)11(2)20-14-5-3-4-6-15(14)23-17(20)22/h3-9,11H,1-2H3,(H,19,21)/t11-/m1/s1. The Hall–Kier alpha value is -2.89. The number of hydrogen-bond acceptors (Lipinski definition) is 3. The Kier molecular flexibility index (Phi) is 3.73. The number of anilines is 1. The van der Waals surface area contributed by atoms with E-state index >= 15 is 0 Å². The second kappa shape index (κ2) is 5.72. The molecule has 1 N–H and O–H groups in total. The monoisotopic (exact) mass is 314 g/mol. The van der Waals surface area contributed by atoms with Crippen molar-refractivity contribution in [3.05, 3.63) is 64.4 Å². The van der Waals surface area contributed by atoms with Crippen molar-refractivity contribution in [3.8, 4) is 0 Å². The van der Waals surface area contributed by atoms with Crippen LogP contribution in [0.15, 0.2) is 51.7 Å². The molecule has 0 aliphatic carbocycles. The first-order valence-electron chi connectivity index (χ1n) is 7.14. The molecule has 1 heterocycles. The van der Waals surface area contributed by atoms with Crippen LogP contribution in [-0.4, -0.2) is 10.5 Å². The van der Waals surface area contributed by atoms with Gasteiger partial charge in [0.15, 0.2) is 5.58 Å². The van der Waals surface area contributed by atoms with Crippen LogP contribution in [0, 0.1) is 12.7 Å². The van der Waals surface area contributed by atoms with E-state index in [4.69, 9.17) is 4.42 Å². The summed E-state index contributed by atoms with van der Waals surface area (Å²) in [6, 6.07) is 10.5. The van der Waals surface area contributed by atoms with Crippen molar-refractivity contribution in [2.24, 2.45) is 0 Å². The van der Waals surface area contributed by atoms with E-state index in [0.29, 0.717) is 22.4 Å². The summed E-state index contributed by atoms with van der Waals surface area (Å²) in [6.07, 6.45) is 0. The quantitative estimate of drug-likeness (QED) is 0.807. The summed E-state index contributed by atoms with van der Waals surface area (Å²) in [5.74, 6) is -1.44. The second-order valence-corrected chi connectivity index (χ2v) is 5.33. The lowest BCUT2D eigenvalue weighted by molar-refractivity contribution is -0.118. The van der Waals surface area contributed by atoms with Crippen LogP contribution in [0.3, 0.4) is 0 Å². The molecule has 0 fully saturated rings. The number of nitrogens with one attached hydrogen (secondary N) is 1. The van der Waals surface area contributed by atoms with Gasteiger partial charge >= 0.3 is 5.76 Å². The molecule has 1 aromatic heterocycles. The first-order valence-corrected chi connectivity index (χ1v) is 7.14. The number of halogens is 1. The van der Waals surface area contributed by atoms with Crippen molar-refractivity contribution in [1.29, 1.82) is 0 Å². The zero-order chi connectivity index (χ0) is 16.6. The summed E-state index contributed by atoms with van der Waals surface area (Å²) < 4.78 is 20.0. The van der Waals surface area contributed by atoms with E-state index in [1.807, 2.05) is 0 Å². The lowest BCUT2D eigenvalue weighted by atomic mass is 10.2. The van der Waals surface area contributed by atoms with E-state index in [9.17, 15) is 14.0 Å². The molecular formula is C17H15FN2O3. The van der Waals surface area contributed by atoms with Crippen molar-refractivity contribution < 1.29 is 13.6 Å². The highest BCUT2D eigenvalue weighted by molar-refractivity contribution is 5.94. The zero-order valence-electron chi connectivity index (χ0n) is 12.7. The predicted octanol–water partition coefficient (Wildman–Crippen LogP) is 3.24. The molecule has 0 aliphatic heterocycles. The number of carbonyl (C=O) groups is 1. The molecule has 5 nitrogen and oxygen atoms in total. The highest BCUT2D eigenvalue weighted by atomic mass is 19.1. The highest BCUT2D eigenvalue weighted by Crippen LogP contribution is 2.19. The number of amides is 1. The number of benzene rings is 2. The summed E-state index contributed by atoms with van der Waals surface area (Å²) in [5, 5.41) is 2.61. The Morgan fingerprint density at radius 2 is 2.00 bits per heavy atom. The van der Waals surface area contributed by atoms with Crippen molar-refractivity contribution in [1.82, 2.24) is 4.57 Å². The van der Waals surface area contributed by atoms with Gasteiger partial charge in [0, 0.05) is 5.69 Å². The van der Waals surface area contributed by atoms with Crippen LogP contribution in [-0.2, 0) is 4.79 Å². The third kappa shape index (κ3) is 2.75. The smallest absolute Gasteiger partial charge is 0.408 e. The third-order valence-corrected chi connectivity index (χ3v) is 3.72. The van der Waals surface area contributed by atoms with E-state index in [0.717, 1.165) is 0 Å². The van der Waals surface area contributed by atoms with Crippen molar-refractivity contribution in [3.63, 3.8) is 0 Å². The van der Waals surface area contributed by atoms with Crippen LogP contribution in [0.2, 0.25) is 0 Å². The summed E-state index contributed by atoms with van der Waals surface area (Å²) in [6.45, 7) is 3.23. The average molecular weight is 314 g/mol. The Morgan fingerprint density at radius 1 is 1.26 bits per heavy atom. The Bertz CT molecular complexity index is 942. The number of para-hydroxylation sites is 2. The van der Waals surface area contributed by atoms with E-state index in [1.54, 1.807) is 50.2 Å². The molecule has 23 heavy (non-hydrogen) atoms. The number of rotatable bonds is 3. The van der Waals surface area contributed by atoms with Gasteiger partial charge in [-0.05, 0) is 43.7 Å². The number of aromatic nitrogens is 1. The first kappa shape index (κ1) is 15.0. The van der Waals surface area contributed by atoms with E-state index < -0.39 is 23.5 Å². The normalized spacial score (nSPS) is 12.3. The van der Waals surface area contributed by atoms with Gasteiger partial charge in [0.05, 0.1) is 5.52 Å². The maximum Gasteiger partial charge on any atom is 0.420 e. The van der Waals surface area contributed by atoms with Crippen LogP contribution in [0.25, 0.3) is 11.1 Å². The maximum absolute atomic E-state index is 13.6. The molecule has 0 bridgehead atoms. The number of oxazole rings is 1. The number of hydrogen-bond donors (Lipinski definition) is 1. The molecule has 0 saturated heterocycles. The number of carbonyl (C=O) groups excluding carboxylic acids is 1. The maximum atomic E-state index is 13.6. The van der Waals surface area contributed by atoms with Gasteiger partial charge in [-0.3, -0.25) is 9.36 Å². The molecule has 0 aliphatic rings. The third-order valence-electron chi connectivity index (χ3n) is 3.72. The van der Waals surface area contributed by atoms with Gasteiger partial charge in [-0.15, -0.1) is 0 Å². The lowest BCUT2D eigenvalue weighted by Gasteiger charge is -2.13. The topological polar surface area (TPSA) is 64.2 Å². The van der Waals surface area contributed by atoms with Crippen LogP contribution in [0.1, 0.15) is 18.5 Å². The summed E-state index contributed by atoms with van der Waals surface area (Å²) in [5.41, 5.74) is 1.78. The highest BCUT2D eigenvalue weighted by Gasteiger charge is 2.21. The zero-order valence-corrected chi connectivity index (χ0v) is 12.7. The number of fused-ring (bicyclic) bond motifs is 1. The molecule has 3 rings (SSSR count). The Morgan fingerprint density at radius 3 is 2.74 bits per heavy atom. The van der Waals surface area contributed by atoms with Gasteiger partial charge < -0.3 is 9.73 Å². The van der Waals surface area contributed by atoms with E-state index in [-0.39, 0.29) is 0 Å². The van der Waals surface area contributed by atoms with Crippen molar-refractivity contribution >= 4 is 22.7 Å². The Labute approximate surface area is 131 Å². The van der Waals surface area contributed by atoms with Gasteiger partial charge in [0.25, 0.3) is 0 Å². The fraction of sp³-hybridized carbons (Fsp3) is 0.176. The van der Waals surface area contributed by atoms with Crippen LogP contribution < -0.4 is 11.1 Å². The second-order valence-electron chi connectivity index (χ2n) is 5.33. The molecule has 2 aromatic carbocycles. The first-order chi connectivity index (χ1) is 11.0. The molecule has 118 valence electrons. The van der Waals surface area contributed by atoms with Gasteiger partial charge in [0.1, 0.15) is 11.9 Å². The fourth-order valence-electron chi connectivity index (χ4n) is 2.39. The van der Waals surface area contributed by atoms with E-state index in [1.165, 1.54) is 10.6 Å². The molecule has 0 spiro atoms. The number of aryl methyl sites for hydroxylation is 1. The minimum Gasteiger partial charge on any atom is -0.408 e. The molecule has 1 atom stereocenters. The van der Waals surface area contributed by atoms with Crippen LogP contribution in [0.4, 0.5) is 10.1 Å². The van der Waals surface area contributed by atoms with Crippen LogP contribution >= 0.6 is 0 Å². The van der Waals surface area contributed by atoms with Crippen molar-refractivity contribution in [2.75, 3.05) is 5.32 Å². The predicted molar refractivity (Wildman–Crippen MR) is 85.0 cm³/mol. The largest absolute Gasteiger partial charge is 0.420 e. The molecule has 0 saturated carbocycles. The molecular weight excluding hydrogens is 299 g/mol. The molecule has 3 aromatic rings. The van der Waals surface area contributed by atoms with E-state index in [2.05, 4.69) is 5.32 Å². The van der Waals surface area contributed by atoms with Crippen molar-refractivity contribution in [2.45, 2.75) is 19.9 Å². The fourth-order valence-corrected chi connectivity index (χ4v) is 2.39. The van der Waals surface area contributed by atoms with Gasteiger partial charge in [0.2, 0.25) is 5.91 Å². The van der Waals surface area contributed by atoms with Crippen LogP contribution in [0.5, 0.6) is 0 Å². The lowest BCUT2D eigenvalue weighted by Crippen LogP contribution is -2.29. The summed E-state index contributed by atoms with van der Waals surface area (Å²) in [7, 11) is 0. The molecule has 1 amide bonds. The minimum atomic E-state index is -0.796. The number of nitrogens with zero attached hydrogens (tertiary/aromatic N) is 1. The SMILES string of the molecule is Cc1ccc(NC(=O)[C@@H](C)n2c(=O)oc3ccccc32)cc1F. The molecule has 6 heteroatoms. The van der Waals surface area contributed by atoms with Gasteiger partial charge in [-0.25, -0.2) is 9.18 Å². The van der Waals surface area contributed by atoms with Gasteiger partial charge in [-0.1, -0.05) is 18.2 Å². The summed E-state index contributed by atoms with van der Waals surface area (Å²) >= 11 is 0. The molecule has 0 unspecified atom stereocenters. The average Bonchev–Trinajstić information content (AvgIpc) is 2.86. The molecule has 0 radical (unpaired) electrons. The summed E-state index contributed by atoms with van der Waals surface area (Å²) in [4.78, 5) is 24.4. The Balaban J connectivity index is 1.91. The minimum absolute atomic E-state index is 0.339. The van der Waals surface area contributed by atoms with Gasteiger partial charge in [-0.2, -0.15) is 0 Å².